The third-order valence-corrected chi connectivity index (χ3v) is 5.88. The van der Waals surface area contributed by atoms with Gasteiger partial charge in [0, 0.05) is 25.9 Å². The first kappa shape index (κ1) is 21.5. The Morgan fingerprint density at radius 1 is 0.781 bits per heavy atom. The predicted molar refractivity (Wildman–Crippen MR) is 117 cm³/mol. The maximum absolute atomic E-state index is 12.8. The molecule has 32 heavy (non-hydrogen) atoms. The fraction of sp³-hybridized carbons (Fsp3) is 0.333. The Morgan fingerprint density at radius 3 is 1.94 bits per heavy atom. The maximum atomic E-state index is 12.8. The van der Waals surface area contributed by atoms with Crippen LogP contribution in [-0.4, -0.2) is 45.8 Å². The molecule has 4 rings (SSSR count). The zero-order valence-corrected chi connectivity index (χ0v) is 17.7. The van der Waals surface area contributed by atoms with Crippen LogP contribution in [0.5, 0.6) is 0 Å². The minimum atomic E-state index is -0.695. The molecule has 0 unspecified atom stereocenters. The standard InChI is InChI=1S/C24H26N4O4/c29-21-13-11-19(27(21)15-17-7-3-1-4-8-17)23(31)26-24(32)25-20-12-14-22(30)28(20)16-18-9-5-2-6-10-18/h1-10,19-20H,11-16H2,(H2,25,26,31,32)/t19-,20+/m1/s1. The van der Waals surface area contributed by atoms with Gasteiger partial charge >= 0.3 is 6.03 Å². The normalized spacial score (nSPS) is 20.5. The number of amides is 5. The molecule has 8 heteroatoms. The smallest absolute Gasteiger partial charge is 0.323 e. The van der Waals surface area contributed by atoms with Crippen LogP contribution in [-0.2, 0) is 27.5 Å². The lowest BCUT2D eigenvalue weighted by atomic mass is 10.1. The molecule has 0 saturated carbocycles. The summed E-state index contributed by atoms with van der Waals surface area (Å²) in [7, 11) is 0. The molecule has 166 valence electrons. The van der Waals surface area contributed by atoms with Crippen molar-refractivity contribution >= 4 is 23.8 Å². The fourth-order valence-electron chi connectivity index (χ4n) is 4.23. The monoisotopic (exact) mass is 434 g/mol. The van der Waals surface area contributed by atoms with Crippen molar-refractivity contribution in [3.8, 4) is 0 Å². The van der Waals surface area contributed by atoms with Gasteiger partial charge in [-0.1, -0.05) is 60.7 Å². The minimum Gasteiger partial charge on any atom is -0.326 e. The highest BCUT2D eigenvalue weighted by atomic mass is 16.2. The van der Waals surface area contributed by atoms with E-state index in [2.05, 4.69) is 10.6 Å². The molecule has 0 aromatic heterocycles. The highest BCUT2D eigenvalue weighted by Crippen LogP contribution is 2.22. The van der Waals surface area contributed by atoms with E-state index in [0.29, 0.717) is 32.4 Å². The molecular weight excluding hydrogens is 408 g/mol. The lowest BCUT2D eigenvalue weighted by molar-refractivity contribution is -0.135. The van der Waals surface area contributed by atoms with E-state index in [1.165, 1.54) is 4.90 Å². The van der Waals surface area contributed by atoms with Crippen molar-refractivity contribution in [2.75, 3.05) is 0 Å². The van der Waals surface area contributed by atoms with Gasteiger partial charge in [0.1, 0.15) is 12.2 Å². The molecule has 2 atom stereocenters. The van der Waals surface area contributed by atoms with Crippen LogP contribution in [0.2, 0.25) is 0 Å². The van der Waals surface area contributed by atoms with Gasteiger partial charge in [-0.25, -0.2) is 4.79 Å². The molecule has 2 aromatic carbocycles. The Balaban J connectivity index is 1.35. The Hall–Kier alpha value is -3.68. The quantitative estimate of drug-likeness (QED) is 0.728. The number of rotatable bonds is 6. The van der Waals surface area contributed by atoms with Crippen molar-refractivity contribution in [1.29, 1.82) is 0 Å². The summed E-state index contributed by atoms with van der Waals surface area (Å²) < 4.78 is 0. The van der Waals surface area contributed by atoms with E-state index in [1.54, 1.807) is 4.90 Å². The van der Waals surface area contributed by atoms with Gasteiger partial charge in [-0.3, -0.25) is 19.7 Å². The van der Waals surface area contributed by atoms with E-state index < -0.39 is 24.1 Å². The van der Waals surface area contributed by atoms with Gasteiger partial charge in [0.05, 0.1) is 0 Å². The molecule has 5 amide bonds. The second kappa shape index (κ2) is 9.64. The fourth-order valence-corrected chi connectivity index (χ4v) is 4.23. The number of urea groups is 1. The number of hydrogen-bond acceptors (Lipinski definition) is 4. The van der Waals surface area contributed by atoms with E-state index in [4.69, 9.17) is 0 Å². The van der Waals surface area contributed by atoms with Gasteiger partial charge in [0.25, 0.3) is 5.91 Å². The van der Waals surface area contributed by atoms with E-state index in [1.807, 2.05) is 60.7 Å². The number of hydrogen-bond donors (Lipinski definition) is 2. The molecule has 2 N–H and O–H groups in total. The summed E-state index contributed by atoms with van der Waals surface area (Å²) in [6.45, 7) is 0.710. The van der Waals surface area contributed by atoms with Crippen molar-refractivity contribution in [2.24, 2.45) is 0 Å². The molecular formula is C24H26N4O4. The van der Waals surface area contributed by atoms with Crippen molar-refractivity contribution < 1.29 is 19.2 Å². The molecule has 2 aromatic rings. The lowest BCUT2D eigenvalue weighted by Gasteiger charge is -2.27. The van der Waals surface area contributed by atoms with Gasteiger partial charge in [-0.15, -0.1) is 0 Å². The summed E-state index contributed by atoms with van der Waals surface area (Å²) in [5, 5.41) is 5.10. The summed E-state index contributed by atoms with van der Waals surface area (Å²) >= 11 is 0. The average Bonchev–Trinajstić information content (AvgIpc) is 3.32. The first-order chi connectivity index (χ1) is 15.5. The molecule has 0 bridgehead atoms. The number of likely N-dealkylation sites (tertiary alicyclic amines) is 2. The highest BCUT2D eigenvalue weighted by molar-refractivity contribution is 6.00. The molecule has 2 aliphatic heterocycles. The van der Waals surface area contributed by atoms with Crippen LogP contribution in [0, 0.1) is 0 Å². The number of imide groups is 1. The van der Waals surface area contributed by atoms with E-state index >= 15 is 0 Å². The Kier molecular flexibility index (Phi) is 6.49. The number of carbonyl (C=O) groups is 4. The van der Waals surface area contributed by atoms with Crippen LogP contribution in [0.4, 0.5) is 4.79 Å². The molecule has 0 aliphatic carbocycles. The van der Waals surface area contributed by atoms with Gasteiger partial charge in [-0.05, 0) is 24.0 Å². The molecule has 2 fully saturated rings. The second-order valence-electron chi connectivity index (χ2n) is 8.09. The SMILES string of the molecule is O=C(NC(=O)[C@H]1CCC(=O)N1Cc1ccccc1)N[C@@H]1CCC(=O)N1Cc1ccccc1. The Labute approximate surface area is 186 Å². The van der Waals surface area contributed by atoms with E-state index in [-0.39, 0.29) is 18.2 Å². The number of carbonyl (C=O) groups excluding carboxylic acids is 4. The van der Waals surface area contributed by atoms with Gasteiger partial charge in [0.15, 0.2) is 0 Å². The molecule has 8 nitrogen and oxygen atoms in total. The second-order valence-corrected chi connectivity index (χ2v) is 8.09. The van der Waals surface area contributed by atoms with Crippen molar-refractivity contribution in [2.45, 2.75) is 51.0 Å². The van der Waals surface area contributed by atoms with Crippen molar-refractivity contribution in [1.82, 2.24) is 20.4 Å². The topological polar surface area (TPSA) is 98.8 Å². The number of nitrogens with one attached hydrogen (secondary N) is 2. The third-order valence-electron chi connectivity index (χ3n) is 5.88. The van der Waals surface area contributed by atoms with Crippen LogP contribution < -0.4 is 10.6 Å². The molecule has 2 aliphatic rings. The van der Waals surface area contributed by atoms with Crippen LogP contribution in [0.3, 0.4) is 0 Å². The first-order valence-corrected chi connectivity index (χ1v) is 10.8. The summed E-state index contributed by atoms with van der Waals surface area (Å²) in [5.74, 6) is -0.658. The zero-order chi connectivity index (χ0) is 22.5. The molecule has 2 heterocycles. The maximum Gasteiger partial charge on any atom is 0.323 e. The lowest BCUT2D eigenvalue weighted by Crippen LogP contribution is -2.53. The highest BCUT2D eigenvalue weighted by Gasteiger charge is 2.37. The third kappa shape index (κ3) is 4.96. The van der Waals surface area contributed by atoms with Crippen LogP contribution in [0.15, 0.2) is 60.7 Å². The van der Waals surface area contributed by atoms with Crippen LogP contribution in [0.25, 0.3) is 0 Å². The molecule has 0 spiro atoms. The van der Waals surface area contributed by atoms with Crippen molar-refractivity contribution in [3.05, 3.63) is 71.8 Å². The molecule has 2 saturated heterocycles. The van der Waals surface area contributed by atoms with Crippen LogP contribution in [0.1, 0.15) is 36.8 Å². The van der Waals surface area contributed by atoms with Crippen molar-refractivity contribution in [3.63, 3.8) is 0 Å². The zero-order valence-electron chi connectivity index (χ0n) is 17.7. The average molecular weight is 434 g/mol. The van der Waals surface area contributed by atoms with E-state index in [0.717, 1.165) is 11.1 Å². The van der Waals surface area contributed by atoms with E-state index in [9.17, 15) is 19.2 Å². The Bertz CT molecular complexity index is 996. The summed E-state index contributed by atoms with van der Waals surface area (Å²) in [4.78, 5) is 53.0. The Morgan fingerprint density at radius 2 is 1.31 bits per heavy atom. The van der Waals surface area contributed by atoms with Gasteiger partial charge in [-0.2, -0.15) is 0 Å². The van der Waals surface area contributed by atoms with Crippen LogP contribution >= 0.6 is 0 Å². The summed E-state index contributed by atoms with van der Waals surface area (Å²) in [5.41, 5.74) is 1.89. The predicted octanol–water partition coefficient (Wildman–Crippen LogP) is 2.15. The first-order valence-electron chi connectivity index (χ1n) is 10.8. The number of benzene rings is 2. The summed E-state index contributed by atoms with van der Waals surface area (Å²) in [6, 6.07) is 17.6. The molecule has 0 radical (unpaired) electrons. The minimum absolute atomic E-state index is 0.0408. The largest absolute Gasteiger partial charge is 0.326 e. The number of nitrogens with zero attached hydrogens (tertiary/aromatic N) is 2. The van der Waals surface area contributed by atoms with Gasteiger partial charge in [0.2, 0.25) is 11.8 Å². The summed E-state index contributed by atoms with van der Waals surface area (Å²) in [6.07, 6.45) is 0.978. The van der Waals surface area contributed by atoms with Gasteiger partial charge < -0.3 is 15.1 Å².